The lowest BCUT2D eigenvalue weighted by Gasteiger charge is -2.13. The number of anilines is 1. The molecule has 1 amide bonds. The van der Waals surface area contributed by atoms with Crippen LogP contribution < -0.4 is 14.8 Å². The normalized spacial score (nSPS) is 13.5. The van der Waals surface area contributed by atoms with Crippen molar-refractivity contribution in [3.8, 4) is 17.0 Å². The maximum Gasteiger partial charge on any atom is 0.255 e. The summed E-state index contributed by atoms with van der Waals surface area (Å²) in [6, 6.07) is 16.3. The first kappa shape index (κ1) is 25.1. The molecule has 0 bridgehead atoms. The van der Waals surface area contributed by atoms with Crippen LogP contribution in [-0.4, -0.2) is 43.8 Å². The molecule has 2 aromatic heterocycles. The molecule has 192 valence electrons. The van der Waals surface area contributed by atoms with Crippen LogP contribution >= 0.6 is 11.6 Å². The molecule has 1 aliphatic carbocycles. The topological polar surface area (TPSA) is 102 Å². The lowest BCUT2D eigenvalue weighted by Crippen LogP contribution is -2.20. The minimum atomic E-state index is -3.64. The number of carbonyl (C=O) groups is 1. The van der Waals surface area contributed by atoms with Gasteiger partial charge in [0.1, 0.15) is 11.4 Å². The van der Waals surface area contributed by atoms with Crippen LogP contribution in [0.15, 0.2) is 60.8 Å². The highest BCUT2D eigenvalue weighted by atomic mass is 35.5. The first-order valence-electron chi connectivity index (χ1n) is 12.0. The highest BCUT2D eigenvalue weighted by Crippen LogP contribution is 2.45. The summed E-state index contributed by atoms with van der Waals surface area (Å²) in [7, 11) is -0.478. The molecule has 4 aromatic rings. The van der Waals surface area contributed by atoms with Crippen molar-refractivity contribution in [1.29, 1.82) is 0 Å². The fraction of sp³-hybridized carbons (Fsp3) is 0.259. The van der Waals surface area contributed by atoms with E-state index in [4.69, 9.17) is 16.3 Å². The molecule has 8 nitrogen and oxygen atoms in total. The van der Waals surface area contributed by atoms with E-state index in [0.29, 0.717) is 33.9 Å². The summed E-state index contributed by atoms with van der Waals surface area (Å²) in [5.74, 6) is 0.616. The molecule has 0 radical (unpaired) electrons. The predicted octanol–water partition coefficient (Wildman–Crippen LogP) is 4.88. The van der Waals surface area contributed by atoms with Gasteiger partial charge in [-0.2, -0.15) is 5.10 Å². The van der Waals surface area contributed by atoms with Crippen molar-refractivity contribution in [1.82, 2.24) is 14.9 Å². The highest BCUT2D eigenvalue weighted by Gasteiger charge is 2.30. The number of sulfonamides is 1. The lowest BCUT2D eigenvalue weighted by molar-refractivity contribution is 0.0965. The standard InChI is InChI=1S/C27H27ClN4O4S/c1-29-27(33)25-24-15-22(18-5-6-18)23(16-32(24)30-26(25)19-7-9-20(28)10-8-19)31-37(34,35)14-13-17-3-11-21(36-2)12-4-17/h3-4,7-12,15-16,18,31H,5-6,13-14H2,1-2H3,(H,29,33). The Morgan fingerprint density at radius 3 is 2.46 bits per heavy atom. The van der Waals surface area contributed by atoms with Gasteiger partial charge < -0.3 is 10.1 Å². The van der Waals surface area contributed by atoms with Gasteiger partial charge in [0, 0.05) is 17.6 Å². The van der Waals surface area contributed by atoms with Gasteiger partial charge in [-0.25, -0.2) is 12.9 Å². The number of pyridine rings is 1. The SMILES string of the molecule is CNC(=O)c1c(-c2ccc(Cl)cc2)nn2cc(NS(=O)(=O)CCc3ccc(OC)cc3)c(C3CC3)cc12. The molecule has 2 aromatic carbocycles. The molecule has 5 rings (SSSR count). The number of benzene rings is 2. The van der Waals surface area contributed by atoms with Crippen LogP contribution in [0.25, 0.3) is 16.8 Å². The Hall–Kier alpha value is -3.56. The molecule has 10 heteroatoms. The predicted molar refractivity (Wildman–Crippen MR) is 145 cm³/mol. The summed E-state index contributed by atoms with van der Waals surface area (Å²) in [6.45, 7) is 0. The van der Waals surface area contributed by atoms with Gasteiger partial charge in [0.05, 0.1) is 35.8 Å². The van der Waals surface area contributed by atoms with E-state index in [1.54, 1.807) is 49.1 Å². The number of rotatable bonds is 9. The molecule has 1 saturated carbocycles. The fourth-order valence-electron chi connectivity index (χ4n) is 4.35. The van der Waals surface area contributed by atoms with Crippen molar-refractivity contribution in [2.75, 3.05) is 24.6 Å². The molecule has 0 unspecified atom stereocenters. The van der Waals surface area contributed by atoms with E-state index in [0.717, 1.165) is 35.3 Å². The Labute approximate surface area is 220 Å². The maximum atomic E-state index is 13.1. The van der Waals surface area contributed by atoms with E-state index in [9.17, 15) is 13.2 Å². The average molecular weight is 539 g/mol. The van der Waals surface area contributed by atoms with Crippen LogP contribution in [-0.2, 0) is 16.4 Å². The van der Waals surface area contributed by atoms with Crippen LogP contribution in [0.3, 0.4) is 0 Å². The third-order valence-corrected chi connectivity index (χ3v) is 8.00. The number of nitrogens with one attached hydrogen (secondary N) is 2. The molecule has 0 saturated heterocycles. The number of aryl methyl sites for hydroxylation is 1. The summed E-state index contributed by atoms with van der Waals surface area (Å²) >= 11 is 6.06. The zero-order valence-corrected chi connectivity index (χ0v) is 22.1. The number of fused-ring (bicyclic) bond motifs is 1. The largest absolute Gasteiger partial charge is 0.497 e. The van der Waals surface area contributed by atoms with Crippen LogP contribution in [0.2, 0.25) is 5.02 Å². The Kier molecular flexibility index (Phi) is 6.83. The molecule has 0 spiro atoms. The van der Waals surface area contributed by atoms with Crippen LogP contribution in [0.1, 0.15) is 40.2 Å². The van der Waals surface area contributed by atoms with E-state index >= 15 is 0 Å². The molecular weight excluding hydrogens is 512 g/mol. The second kappa shape index (κ2) is 10.1. The minimum Gasteiger partial charge on any atom is -0.497 e. The summed E-state index contributed by atoms with van der Waals surface area (Å²) in [6.07, 6.45) is 3.96. The van der Waals surface area contributed by atoms with Crippen LogP contribution in [0.4, 0.5) is 5.69 Å². The van der Waals surface area contributed by atoms with Gasteiger partial charge in [-0.05, 0) is 66.6 Å². The summed E-state index contributed by atoms with van der Waals surface area (Å²) in [5, 5.41) is 7.95. The Balaban J connectivity index is 1.50. The van der Waals surface area contributed by atoms with E-state index in [-0.39, 0.29) is 17.6 Å². The van der Waals surface area contributed by atoms with Gasteiger partial charge in [0.25, 0.3) is 5.91 Å². The maximum absolute atomic E-state index is 13.1. The highest BCUT2D eigenvalue weighted by molar-refractivity contribution is 7.92. The number of hydrogen-bond donors (Lipinski definition) is 2. The zero-order valence-electron chi connectivity index (χ0n) is 20.5. The lowest BCUT2D eigenvalue weighted by atomic mass is 10.0. The van der Waals surface area contributed by atoms with E-state index < -0.39 is 10.0 Å². The van der Waals surface area contributed by atoms with Gasteiger partial charge in [-0.1, -0.05) is 35.9 Å². The van der Waals surface area contributed by atoms with E-state index in [2.05, 4.69) is 15.1 Å². The third kappa shape index (κ3) is 5.42. The molecular formula is C27H27ClN4O4S. The Bertz CT molecular complexity index is 1560. The number of hydrogen-bond acceptors (Lipinski definition) is 5. The van der Waals surface area contributed by atoms with Crippen molar-refractivity contribution in [2.45, 2.75) is 25.2 Å². The van der Waals surface area contributed by atoms with Gasteiger partial charge >= 0.3 is 0 Å². The van der Waals surface area contributed by atoms with Gasteiger partial charge in [-0.3, -0.25) is 9.52 Å². The van der Waals surface area contributed by atoms with Crippen LogP contribution in [0.5, 0.6) is 5.75 Å². The summed E-state index contributed by atoms with van der Waals surface area (Å²) in [4.78, 5) is 12.9. The second-order valence-electron chi connectivity index (χ2n) is 9.08. The van der Waals surface area contributed by atoms with Crippen molar-refractivity contribution in [3.63, 3.8) is 0 Å². The molecule has 1 fully saturated rings. The zero-order chi connectivity index (χ0) is 26.2. The van der Waals surface area contributed by atoms with Gasteiger partial charge in [0.15, 0.2) is 0 Å². The van der Waals surface area contributed by atoms with Gasteiger partial charge in [0.2, 0.25) is 10.0 Å². The number of aromatic nitrogens is 2. The molecule has 2 N–H and O–H groups in total. The number of carbonyl (C=O) groups excluding carboxylic acids is 1. The Morgan fingerprint density at radius 2 is 1.84 bits per heavy atom. The fourth-order valence-corrected chi connectivity index (χ4v) is 5.58. The number of methoxy groups -OCH3 is 1. The quantitative estimate of drug-likeness (QED) is 0.316. The van der Waals surface area contributed by atoms with Gasteiger partial charge in [-0.15, -0.1) is 0 Å². The smallest absolute Gasteiger partial charge is 0.255 e. The monoisotopic (exact) mass is 538 g/mol. The van der Waals surface area contributed by atoms with Crippen molar-refractivity contribution in [3.05, 3.63) is 82.5 Å². The third-order valence-electron chi connectivity index (χ3n) is 6.48. The molecule has 0 aliphatic heterocycles. The number of nitrogens with zero attached hydrogens (tertiary/aromatic N) is 2. The first-order chi connectivity index (χ1) is 17.8. The number of halogens is 1. The van der Waals surface area contributed by atoms with E-state index in [1.807, 2.05) is 30.3 Å². The average Bonchev–Trinajstić information content (AvgIpc) is 3.67. The minimum absolute atomic E-state index is 0.0694. The summed E-state index contributed by atoms with van der Waals surface area (Å²) < 4.78 is 35.6. The molecule has 37 heavy (non-hydrogen) atoms. The Morgan fingerprint density at radius 1 is 1.14 bits per heavy atom. The molecule has 1 aliphatic rings. The summed E-state index contributed by atoms with van der Waals surface area (Å²) in [5.41, 5.74) is 4.54. The number of amides is 1. The first-order valence-corrected chi connectivity index (χ1v) is 14.0. The van der Waals surface area contributed by atoms with Crippen molar-refractivity contribution in [2.24, 2.45) is 0 Å². The molecule has 2 heterocycles. The second-order valence-corrected chi connectivity index (χ2v) is 11.4. The van der Waals surface area contributed by atoms with Crippen molar-refractivity contribution >= 4 is 38.7 Å². The van der Waals surface area contributed by atoms with Crippen molar-refractivity contribution < 1.29 is 17.9 Å². The molecule has 0 atom stereocenters. The van der Waals surface area contributed by atoms with Crippen LogP contribution in [0, 0.1) is 0 Å². The number of ether oxygens (including phenoxy) is 1. The van der Waals surface area contributed by atoms with E-state index in [1.165, 1.54) is 0 Å².